The van der Waals surface area contributed by atoms with Gasteiger partial charge in [0.15, 0.2) is 5.82 Å². The van der Waals surface area contributed by atoms with Crippen molar-refractivity contribution in [2.24, 2.45) is 0 Å². The van der Waals surface area contributed by atoms with E-state index >= 15 is 0 Å². The highest BCUT2D eigenvalue weighted by Crippen LogP contribution is 2.16. The summed E-state index contributed by atoms with van der Waals surface area (Å²) in [4.78, 5) is 12.3. The largest absolute Gasteiger partial charge is 0.497 e. The quantitative estimate of drug-likeness (QED) is 0.747. The van der Waals surface area contributed by atoms with E-state index in [1.807, 2.05) is 41.9 Å². The number of ether oxygens (including phenoxy) is 1. The van der Waals surface area contributed by atoms with Gasteiger partial charge in [-0.1, -0.05) is 23.7 Å². The Kier molecular flexibility index (Phi) is 5.05. The molecular weight excluding hydrogens is 338 g/mol. The minimum Gasteiger partial charge on any atom is -0.497 e. The van der Waals surface area contributed by atoms with Gasteiger partial charge >= 0.3 is 0 Å². The average molecular weight is 356 g/mol. The molecule has 2 aromatic carbocycles. The van der Waals surface area contributed by atoms with Crippen molar-refractivity contribution in [3.05, 3.63) is 76.4 Å². The fourth-order valence-corrected chi connectivity index (χ4v) is 2.68. The fourth-order valence-electron chi connectivity index (χ4n) is 2.47. The summed E-state index contributed by atoms with van der Waals surface area (Å²) >= 11 is 6.02. The van der Waals surface area contributed by atoms with Crippen LogP contribution in [0.15, 0.2) is 54.6 Å². The summed E-state index contributed by atoms with van der Waals surface area (Å²) in [5.74, 6) is 1.01. The van der Waals surface area contributed by atoms with E-state index in [4.69, 9.17) is 16.3 Å². The Morgan fingerprint density at radius 2 is 1.96 bits per heavy atom. The van der Waals surface area contributed by atoms with Crippen molar-refractivity contribution < 1.29 is 9.53 Å². The number of hydrogen-bond acceptors (Lipinski definition) is 3. The minimum absolute atomic E-state index is 0.213. The molecule has 1 heterocycles. The number of nitrogens with zero attached hydrogens (tertiary/aromatic N) is 2. The number of methoxy groups -OCH3 is 1. The van der Waals surface area contributed by atoms with Gasteiger partial charge < -0.3 is 10.1 Å². The SMILES string of the molecule is COc1ccc(C(=O)Nc2cc(C)n(Cc3cccc(Cl)c3)n2)cc1. The molecular formula is C19H18ClN3O2. The fraction of sp³-hybridized carbons (Fsp3) is 0.158. The lowest BCUT2D eigenvalue weighted by molar-refractivity contribution is 0.102. The molecule has 25 heavy (non-hydrogen) atoms. The molecule has 1 amide bonds. The van der Waals surface area contributed by atoms with Gasteiger partial charge in [0, 0.05) is 22.3 Å². The van der Waals surface area contributed by atoms with Gasteiger partial charge in [0.05, 0.1) is 13.7 Å². The van der Waals surface area contributed by atoms with Gasteiger partial charge in [0.25, 0.3) is 5.91 Å². The number of benzene rings is 2. The van der Waals surface area contributed by atoms with Crippen molar-refractivity contribution in [1.29, 1.82) is 0 Å². The molecule has 0 atom stereocenters. The Balaban J connectivity index is 1.72. The van der Waals surface area contributed by atoms with Crippen molar-refractivity contribution in [2.75, 3.05) is 12.4 Å². The normalized spacial score (nSPS) is 10.5. The molecule has 0 saturated carbocycles. The molecule has 0 saturated heterocycles. The first-order valence-corrected chi connectivity index (χ1v) is 8.17. The van der Waals surface area contributed by atoms with Gasteiger partial charge in [-0.05, 0) is 48.9 Å². The van der Waals surface area contributed by atoms with Crippen molar-refractivity contribution in [3.8, 4) is 5.75 Å². The molecule has 1 aromatic heterocycles. The van der Waals surface area contributed by atoms with E-state index in [2.05, 4.69) is 10.4 Å². The molecule has 0 aliphatic carbocycles. The lowest BCUT2D eigenvalue weighted by atomic mass is 10.2. The van der Waals surface area contributed by atoms with E-state index in [-0.39, 0.29) is 5.91 Å². The molecule has 0 bridgehead atoms. The third-order valence-electron chi connectivity index (χ3n) is 3.80. The number of carbonyl (C=O) groups is 1. The first-order valence-electron chi connectivity index (χ1n) is 7.79. The van der Waals surface area contributed by atoms with Crippen LogP contribution in [0.4, 0.5) is 5.82 Å². The summed E-state index contributed by atoms with van der Waals surface area (Å²) in [6.45, 7) is 2.53. The van der Waals surface area contributed by atoms with Crippen LogP contribution >= 0.6 is 11.6 Å². The number of rotatable bonds is 5. The van der Waals surface area contributed by atoms with Crippen LogP contribution in [0.2, 0.25) is 5.02 Å². The average Bonchev–Trinajstić information content (AvgIpc) is 2.94. The number of aryl methyl sites for hydroxylation is 1. The number of nitrogens with one attached hydrogen (secondary N) is 1. The molecule has 1 N–H and O–H groups in total. The highest BCUT2D eigenvalue weighted by molar-refractivity contribution is 6.30. The van der Waals surface area contributed by atoms with Crippen LogP contribution < -0.4 is 10.1 Å². The lowest BCUT2D eigenvalue weighted by Crippen LogP contribution is -2.12. The van der Waals surface area contributed by atoms with Crippen LogP contribution in [0.1, 0.15) is 21.6 Å². The van der Waals surface area contributed by atoms with E-state index in [1.165, 1.54) is 0 Å². The molecule has 3 rings (SSSR count). The molecule has 5 nitrogen and oxygen atoms in total. The molecule has 0 aliphatic rings. The lowest BCUT2D eigenvalue weighted by Gasteiger charge is -2.05. The van der Waals surface area contributed by atoms with E-state index < -0.39 is 0 Å². The van der Waals surface area contributed by atoms with Crippen LogP contribution in [0.5, 0.6) is 5.75 Å². The predicted octanol–water partition coefficient (Wildman–Crippen LogP) is 4.15. The molecule has 128 valence electrons. The Hall–Kier alpha value is -2.79. The summed E-state index contributed by atoms with van der Waals surface area (Å²) in [7, 11) is 1.59. The standard InChI is InChI=1S/C19H18ClN3O2/c1-13-10-18(21-19(24)15-6-8-17(25-2)9-7-15)22-23(13)12-14-4-3-5-16(20)11-14/h3-11H,12H2,1-2H3,(H,21,22,24). The molecule has 0 fully saturated rings. The van der Waals surface area contributed by atoms with Gasteiger partial charge in [0.2, 0.25) is 0 Å². The van der Waals surface area contributed by atoms with E-state index in [9.17, 15) is 4.79 Å². The maximum absolute atomic E-state index is 12.3. The van der Waals surface area contributed by atoms with Gasteiger partial charge in [-0.15, -0.1) is 0 Å². The van der Waals surface area contributed by atoms with E-state index in [0.29, 0.717) is 28.7 Å². The van der Waals surface area contributed by atoms with Gasteiger partial charge in [-0.2, -0.15) is 5.10 Å². The number of carbonyl (C=O) groups excluding carboxylic acids is 1. The zero-order valence-corrected chi connectivity index (χ0v) is 14.7. The highest BCUT2D eigenvalue weighted by atomic mass is 35.5. The third-order valence-corrected chi connectivity index (χ3v) is 4.03. The van der Waals surface area contributed by atoms with Crippen molar-refractivity contribution in [2.45, 2.75) is 13.5 Å². The van der Waals surface area contributed by atoms with Crippen LogP contribution in [0, 0.1) is 6.92 Å². The second-order valence-electron chi connectivity index (χ2n) is 5.64. The maximum atomic E-state index is 12.3. The Labute approximate surface area is 151 Å². The molecule has 0 radical (unpaired) electrons. The van der Waals surface area contributed by atoms with Gasteiger partial charge in [-0.3, -0.25) is 9.48 Å². The number of anilines is 1. The van der Waals surface area contributed by atoms with Crippen molar-refractivity contribution >= 4 is 23.3 Å². The third kappa shape index (κ3) is 4.19. The number of amides is 1. The van der Waals surface area contributed by atoms with Crippen LogP contribution in [-0.2, 0) is 6.54 Å². The van der Waals surface area contributed by atoms with Gasteiger partial charge in [0.1, 0.15) is 5.75 Å². The zero-order chi connectivity index (χ0) is 17.8. The number of halogens is 1. The molecule has 3 aromatic rings. The Bertz CT molecular complexity index is 888. The maximum Gasteiger partial charge on any atom is 0.256 e. The van der Waals surface area contributed by atoms with E-state index in [1.54, 1.807) is 31.4 Å². The Morgan fingerprint density at radius 1 is 1.20 bits per heavy atom. The molecule has 6 heteroatoms. The topological polar surface area (TPSA) is 56.1 Å². The smallest absolute Gasteiger partial charge is 0.256 e. The van der Waals surface area contributed by atoms with Crippen LogP contribution in [-0.4, -0.2) is 22.8 Å². The zero-order valence-electron chi connectivity index (χ0n) is 14.0. The predicted molar refractivity (Wildman–Crippen MR) is 98.5 cm³/mol. The Morgan fingerprint density at radius 3 is 2.64 bits per heavy atom. The molecule has 0 spiro atoms. The highest BCUT2D eigenvalue weighted by Gasteiger charge is 2.10. The molecule has 0 unspecified atom stereocenters. The first kappa shape index (κ1) is 17.0. The second kappa shape index (κ2) is 7.40. The van der Waals surface area contributed by atoms with Crippen LogP contribution in [0.25, 0.3) is 0 Å². The molecule has 0 aliphatic heterocycles. The van der Waals surface area contributed by atoms with Crippen LogP contribution in [0.3, 0.4) is 0 Å². The summed E-state index contributed by atoms with van der Waals surface area (Å²) < 4.78 is 6.92. The van der Waals surface area contributed by atoms with Gasteiger partial charge in [-0.25, -0.2) is 0 Å². The van der Waals surface area contributed by atoms with Crippen molar-refractivity contribution in [3.63, 3.8) is 0 Å². The second-order valence-corrected chi connectivity index (χ2v) is 6.08. The summed E-state index contributed by atoms with van der Waals surface area (Å²) in [6, 6.07) is 16.4. The van der Waals surface area contributed by atoms with Crippen molar-refractivity contribution in [1.82, 2.24) is 9.78 Å². The summed E-state index contributed by atoms with van der Waals surface area (Å²) in [5.41, 5.74) is 2.54. The minimum atomic E-state index is -0.213. The van der Waals surface area contributed by atoms with E-state index in [0.717, 1.165) is 11.3 Å². The number of aromatic nitrogens is 2. The summed E-state index contributed by atoms with van der Waals surface area (Å²) in [6.07, 6.45) is 0. The number of hydrogen-bond donors (Lipinski definition) is 1. The first-order chi connectivity index (χ1) is 12.0. The summed E-state index contributed by atoms with van der Waals surface area (Å²) in [5, 5.41) is 7.96. The monoisotopic (exact) mass is 355 g/mol.